The molecule has 0 saturated carbocycles. The van der Waals surface area contributed by atoms with E-state index in [0.717, 1.165) is 0 Å². The molecule has 4 N–H and O–H groups in total. The van der Waals surface area contributed by atoms with Crippen molar-refractivity contribution in [1.29, 1.82) is 0 Å². The Kier molecular flexibility index (Phi) is 12.2. The summed E-state index contributed by atoms with van der Waals surface area (Å²) in [7, 11) is 0. The summed E-state index contributed by atoms with van der Waals surface area (Å²) in [4.78, 5) is 30.5. The van der Waals surface area contributed by atoms with Crippen LogP contribution in [0.5, 0.6) is 0 Å². The molecule has 0 atom stereocenters. The third-order valence-corrected chi connectivity index (χ3v) is 1.29. The van der Waals surface area contributed by atoms with Gasteiger partial charge in [-0.1, -0.05) is 0 Å². The van der Waals surface area contributed by atoms with Gasteiger partial charge in [-0.2, -0.15) is 0 Å². The summed E-state index contributed by atoms with van der Waals surface area (Å²) in [5.41, 5.74) is -2.74. The molecule has 0 amide bonds. The quantitative estimate of drug-likeness (QED) is 0.391. The van der Waals surface area contributed by atoms with Crippen LogP contribution in [0.1, 0.15) is 12.8 Å². The van der Waals surface area contributed by atoms with E-state index >= 15 is 0 Å². The first-order valence-electron chi connectivity index (χ1n) is 3.17. The predicted octanol–water partition coefficient (Wildman–Crippen LogP) is -2.81. The predicted molar refractivity (Wildman–Crippen MR) is 52.8 cm³/mol. The van der Waals surface area contributed by atoms with Crippen molar-refractivity contribution in [1.82, 2.24) is 0 Å². The number of carboxylic acid groups (broad SMARTS) is 3. The van der Waals surface area contributed by atoms with E-state index in [0.29, 0.717) is 0 Å². The average Bonchev–Trinajstić information content (AvgIpc) is 1.82. The molecule has 0 aromatic rings. The maximum atomic E-state index is 10.3. The van der Waals surface area contributed by atoms with Gasteiger partial charge >= 0.3 is 85.2 Å². The Morgan fingerprint density at radius 1 is 0.933 bits per heavy atom. The Balaban J connectivity index is -0.000000720. The van der Waals surface area contributed by atoms with E-state index in [1.807, 2.05) is 0 Å². The van der Waals surface area contributed by atoms with Crippen LogP contribution in [-0.2, 0) is 14.4 Å². The van der Waals surface area contributed by atoms with Gasteiger partial charge in [0.15, 0.2) is 5.60 Å². The molecule has 15 heavy (non-hydrogen) atoms. The van der Waals surface area contributed by atoms with E-state index in [1.165, 1.54) is 0 Å². The van der Waals surface area contributed by atoms with E-state index < -0.39 is 36.4 Å². The van der Waals surface area contributed by atoms with Gasteiger partial charge in [0, 0.05) is 0 Å². The standard InChI is InChI=1S/C6H8O7.Ca.Na.3H/c7-3(8)1-6(13,5(11)12)2-4(9)10;;;;;/h13H,1-2H2,(H,7,8)(H,9,10)(H,11,12);;;;;. The first-order chi connectivity index (χ1) is 5.78. The van der Waals surface area contributed by atoms with Gasteiger partial charge in [-0.3, -0.25) is 9.59 Å². The molecule has 0 spiro atoms. The van der Waals surface area contributed by atoms with Gasteiger partial charge in [-0.15, -0.1) is 0 Å². The second-order valence-corrected chi connectivity index (χ2v) is 2.48. The minimum atomic E-state index is -2.74. The molecule has 0 heterocycles. The molecule has 0 aliphatic carbocycles. The van der Waals surface area contributed by atoms with Crippen LogP contribution >= 0.6 is 0 Å². The van der Waals surface area contributed by atoms with Crippen LogP contribution in [0.3, 0.4) is 0 Å². The zero-order valence-electron chi connectivity index (χ0n) is 6.43. The number of hydrogen-bond acceptors (Lipinski definition) is 4. The fraction of sp³-hybridized carbons (Fsp3) is 0.500. The number of hydrogen-bond donors (Lipinski definition) is 4. The molecule has 0 aliphatic rings. The summed E-state index contributed by atoms with van der Waals surface area (Å²) in [5, 5.41) is 33.8. The Hall–Kier alpha value is 0.630. The van der Waals surface area contributed by atoms with Crippen molar-refractivity contribution < 1.29 is 34.8 Å². The summed E-state index contributed by atoms with van der Waals surface area (Å²) in [6.07, 6.45) is -2.29. The summed E-state index contributed by atoms with van der Waals surface area (Å²) >= 11 is 0. The number of aliphatic hydroxyl groups is 1. The van der Waals surface area contributed by atoms with Crippen molar-refractivity contribution in [3.05, 3.63) is 0 Å². The Morgan fingerprint density at radius 2 is 1.20 bits per heavy atom. The Bertz CT molecular complexity index is 238. The van der Waals surface area contributed by atoms with Crippen molar-refractivity contribution in [2.75, 3.05) is 0 Å². The molecule has 0 rings (SSSR count). The van der Waals surface area contributed by atoms with Crippen LogP contribution in [0, 0.1) is 0 Å². The topological polar surface area (TPSA) is 132 Å². The van der Waals surface area contributed by atoms with Crippen LogP contribution in [0.2, 0.25) is 0 Å². The van der Waals surface area contributed by atoms with E-state index in [4.69, 9.17) is 20.4 Å². The van der Waals surface area contributed by atoms with Crippen molar-refractivity contribution in [2.45, 2.75) is 18.4 Å². The molecule has 0 unspecified atom stereocenters. The third-order valence-electron chi connectivity index (χ3n) is 1.29. The molecular weight excluding hydrogens is 247 g/mol. The third kappa shape index (κ3) is 8.44. The van der Waals surface area contributed by atoms with Gasteiger partial charge in [0.25, 0.3) is 0 Å². The SMILES string of the molecule is O=C(O)CC(O)(CC(=O)O)C(=O)O.[CaH2].[NaH]. The zero-order valence-corrected chi connectivity index (χ0v) is 6.43. The monoisotopic (exact) mass is 258 g/mol. The molecule has 0 aromatic heterocycles. The van der Waals surface area contributed by atoms with E-state index in [1.54, 1.807) is 0 Å². The molecule has 0 radical (unpaired) electrons. The summed E-state index contributed by atoms with van der Waals surface area (Å²) < 4.78 is 0. The first kappa shape index (κ1) is 21.0. The number of carboxylic acids is 3. The van der Waals surface area contributed by atoms with Crippen molar-refractivity contribution >= 4 is 85.2 Å². The van der Waals surface area contributed by atoms with Crippen LogP contribution < -0.4 is 0 Å². The fourth-order valence-corrected chi connectivity index (χ4v) is 0.714. The molecule has 0 bridgehead atoms. The second-order valence-electron chi connectivity index (χ2n) is 2.48. The van der Waals surface area contributed by atoms with Gasteiger partial charge in [0.2, 0.25) is 0 Å². The second kappa shape index (κ2) is 8.74. The van der Waals surface area contributed by atoms with Crippen molar-refractivity contribution in [2.24, 2.45) is 0 Å². The number of carbonyl (C=O) groups is 3. The number of aliphatic carboxylic acids is 3. The van der Waals surface area contributed by atoms with E-state index in [9.17, 15) is 14.4 Å². The van der Waals surface area contributed by atoms with Gasteiger partial charge in [0.1, 0.15) is 0 Å². The summed E-state index contributed by atoms with van der Waals surface area (Å²) in [6, 6.07) is 0. The molecule has 0 aliphatic heterocycles. The fourth-order valence-electron chi connectivity index (χ4n) is 0.714. The van der Waals surface area contributed by atoms with Crippen molar-refractivity contribution in [3.63, 3.8) is 0 Å². The Labute approximate surface area is 137 Å². The molecule has 9 heteroatoms. The zero-order chi connectivity index (χ0) is 10.6. The maximum absolute atomic E-state index is 10.3. The summed E-state index contributed by atoms with van der Waals surface area (Å²) in [5.74, 6) is -5.02. The van der Waals surface area contributed by atoms with Crippen LogP contribution in [0.25, 0.3) is 0 Å². The molecule has 0 aromatic carbocycles. The van der Waals surface area contributed by atoms with E-state index in [-0.39, 0.29) is 67.3 Å². The van der Waals surface area contributed by atoms with Crippen molar-refractivity contribution in [3.8, 4) is 0 Å². The normalized spacial score (nSPS) is 9.40. The average molecular weight is 258 g/mol. The molecule has 0 saturated heterocycles. The first-order valence-corrected chi connectivity index (χ1v) is 3.17. The van der Waals surface area contributed by atoms with Gasteiger partial charge in [-0.25, -0.2) is 4.79 Å². The van der Waals surface area contributed by atoms with Gasteiger partial charge < -0.3 is 20.4 Å². The molecule has 80 valence electrons. The van der Waals surface area contributed by atoms with Gasteiger partial charge in [-0.05, 0) is 0 Å². The summed E-state index contributed by atoms with van der Waals surface area (Å²) in [6.45, 7) is 0. The van der Waals surface area contributed by atoms with Crippen LogP contribution in [0.4, 0.5) is 0 Å². The van der Waals surface area contributed by atoms with Crippen LogP contribution in [0.15, 0.2) is 0 Å². The van der Waals surface area contributed by atoms with Crippen LogP contribution in [-0.4, -0.2) is 111 Å². The number of rotatable bonds is 5. The molecular formula is C6H11CaNaO7. The van der Waals surface area contributed by atoms with E-state index in [2.05, 4.69) is 0 Å². The minimum absolute atomic E-state index is 0. The molecule has 7 nitrogen and oxygen atoms in total. The van der Waals surface area contributed by atoms with Gasteiger partial charge in [0.05, 0.1) is 12.8 Å². The Morgan fingerprint density at radius 3 is 1.33 bits per heavy atom. The molecule has 0 fully saturated rings.